The number of likely N-dealkylation sites (N-methyl/N-ethyl adjacent to an activating group) is 1. The Morgan fingerprint density at radius 1 is 1.21 bits per heavy atom. The molecule has 1 aromatic carbocycles. The normalized spacial score (nSPS) is 22.1. The number of amides is 2. The molecule has 3 heterocycles. The first kappa shape index (κ1) is 19.6. The minimum Gasteiger partial charge on any atom is -0.374 e. The molecular formula is C22H27N3O4. The highest BCUT2D eigenvalue weighted by Gasteiger charge is 2.41. The molecule has 7 nitrogen and oxygen atoms in total. The van der Waals surface area contributed by atoms with Gasteiger partial charge in [0.25, 0.3) is 0 Å². The number of ether oxygens (including phenoxy) is 1. The summed E-state index contributed by atoms with van der Waals surface area (Å²) in [6.45, 7) is 3.52. The minimum absolute atomic E-state index is 0.0298. The molecule has 4 rings (SSSR count). The van der Waals surface area contributed by atoms with Crippen molar-refractivity contribution >= 4 is 28.5 Å². The average molecular weight is 397 g/mol. The van der Waals surface area contributed by atoms with E-state index in [9.17, 15) is 14.4 Å². The number of hydrogen-bond acceptors (Lipinski definition) is 4. The fourth-order valence-corrected chi connectivity index (χ4v) is 4.36. The maximum absolute atomic E-state index is 13.0. The van der Waals surface area contributed by atoms with Crippen molar-refractivity contribution in [2.24, 2.45) is 0 Å². The predicted octanol–water partition coefficient (Wildman–Crippen LogP) is 2.08. The summed E-state index contributed by atoms with van der Waals surface area (Å²) in [5.41, 5.74) is 1.56. The monoisotopic (exact) mass is 397 g/mol. The van der Waals surface area contributed by atoms with E-state index in [4.69, 9.17) is 4.74 Å². The lowest BCUT2D eigenvalue weighted by molar-refractivity contribution is -0.134. The van der Waals surface area contributed by atoms with Gasteiger partial charge in [-0.05, 0) is 12.5 Å². The number of hydrogen-bond donors (Lipinski definition) is 0. The first-order valence-corrected chi connectivity index (χ1v) is 10.3. The molecule has 29 heavy (non-hydrogen) atoms. The van der Waals surface area contributed by atoms with E-state index >= 15 is 0 Å². The number of aromatic nitrogens is 1. The van der Waals surface area contributed by atoms with Gasteiger partial charge < -0.3 is 19.1 Å². The minimum atomic E-state index is -0.140. The zero-order valence-corrected chi connectivity index (χ0v) is 17.0. The predicted molar refractivity (Wildman–Crippen MR) is 109 cm³/mol. The number of para-hydroxylation sites is 1. The van der Waals surface area contributed by atoms with Crippen LogP contribution in [0.25, 0.3) is 10.9 Å². The van der Waals surface area contributed by atoms with Crippen molar-refractivity contribution in [2.75, 3.05) is 26.7 Å². The third kappa shape index (κ3) is 3.67. The van der Waals surface area contributed by atoms with Crippen LogP contribution in [-0.2, 0) is 20.9 Å². The molecule has 0 bridgehead atoms. The highest BCUT2D eigenvalue weighted by Crippen LogP contribution is 2.25. The van der Waals surface area contributed by atoms with Crippen LogP contribution in [0.2, 0.25) is 0 Å². The average Bonchev–Trinajstić information content (AvgIpc) is 3.26. The molecule has 2 fully saturated rings. The molecule has 2 saturated heterocycles. The molecule has 2 aromatic rings. The molecule has 0 N–H and O–H groups in total. The van der Waals surface area contributed by atoms with E-state index in [0.29, 0.717) is 38.1 Å². The van der Waals surface area contributed by atoms with Crippen LogP contribution in [0.5, 0.6) is 0 Å². The molecule has 2 aliphatic rings. The number of benzene rings is 1. The third-order valence-corrected chi connectivity index (χ3v) is 6.00. The van der Waals surface area contributed by atoms with Crippen molar-refractivity contribution in [3.63, 3.8) is 0 Å². The molecule has 2 atom stereocenters. The first-order chi connectivity index (χ1) is 14.0. The van der Waals surface area contributed by atoms with Crippen LogP contribution in [-0.4, -0.2) is 70.9 Å². The van der Waals surface area contributed by atoms with Crippen molar-refractivity contribution in [1.82, 2.24) is 14.4 Å². The zero-order valence-electron chi connectivity index (χ0n) is 17.0. The standard InChI is InChI=1S/C22H27N3O4/c1-3-6-19(26)16-11-24(17-8-5-4-7-15(16)17)14-22(28)25-12-18-20(13-25)29-10-9-21(27)23(18)2/h4-5,7-8,11,18,20H,3,6,9-10,12-14H2,1-2H3/t18-,20-/m0/s1. The molecule has 7 heteroatoms. The van der Waals surface area contributed by atoms with Crippen molar-refractivity contribution in [1.29, 1.82) is 0 Å². The summed E-state index contributed by atoms with van der Waals surface area (Å²) in [6, 6.07) is 7.60. The van der Waals surface area contributed by atoms with Gasteiger partial charge in [0, 0.05) is 49.2 Å². The number of Topliss-reactive ketones (excluding diaryl/α,β-unsaturated/α-hetero) is 1. The molecular weight excluding hydrogens is 370 g/mol. The lowest BCUT2D eigenvalue weighted by atomic mass is 10.1. The number of rotatable bonds is 5. The quantitative estimate of drug-likeness (QED) is 0.725. The van der Waals surface area contributed by atoms with Gasteiger partial charge in [0.05, 0.1) is 25.2 Å². The topological polar surface area (TPSA) is 71.9 Å². The molecule has 0 spiro atoms. The number of fused-ring (bicyclic) bond motifs is 2. The van der Waals surface area contributed by atoms with Crippen LogP contribution < -0.4 is 0 Å². The van der Waals surface area contributed by atoms with Gasteiger partial charge in [-0.2, -0.15) is 0 Å². The Morgan fingerprint density at radius 3 is 2.79 bits per heavy atom. The van der Waals surface area contributed by atoms with E-state index in [1.165, 1.54) is 0 Å². The third-order valence-electron chi connectivity index (χ3n) is 6.00. The number of carbonyl (C=O) groups is 3. The second-order valence-corrected chi connectivity index (χ2v) is 7.89. The van der Waals surface area contributed by atoms with Gasteiger partial charge in [-0.25, -0.2) is 0 Å². The number of nitrogens with zero attached hydrogens (tertiary/aromatic N) is 3. The van der Waals surface area contributed by atoms with Crippen LogP contribution >= 0.6 is 0 Å². The van der Waals surface area contributed by atoms with Crippen molar-refractivity contribution in [3.05, 3.63) is 36.0 Å². The van der Waals surface area contributed by atoms with Gasteiger partial charge in [0.2, 0.25) is 11.8 Å². The number of likely N-dealkylation sites (tertiary alicyclic amines) is 1. The molecule has 2 amide bonds. The smallest absolute Gasteiger partial charge is 0.242 e. The maximum Gasteiger partial charge on any atom is 0.242 e. The van der Waals surface area contributed by atoms with Crippen molar-refractivity contribution in [3.8, 4) is 0 Å². The molecule has 1 aromatic heterocycles. The lowest BCUT2D eigenvalue weighted by Gasteiger charge is -2.25. The molecule has 0 aliphatic carbocycles. The van der Waals surface area contributed by atoms with Crippen molar-refractivity contribution < 1.29 is 19.1 Å². The van der Waals surface area contributed by atoms with Crippen LogP contribution in [0.1, 0.15) is 36.5 Å². The Hall–Kier alpha value is -2.67. The van der Waals surface area contributed by atoms with Crippen LogP contribution in [0.4, 0.5) is 0 Å². The summed E-state index contributed by atoms with van der Waals surface area (Å²) in [7, 11) is 1.79. The van der Waals surface area contributed by atoms with E-state index in [-0.39, 0.29) is 36.3 Å². The summed E-state index contributed by atoms with van der Waals surface area (Å²) >= 11 is 0. The number of carbonyl (C=O) groups excluding carboxylic acids is 3. The lowest BCUT2D eigenvalue weighted by Crippen LogP contribution is -2.43. The van der Waals surface area contributed by atoms with Gasteiger partial charge in [0.1, 0.15) is 6.54 Å². The van der Waals surface area contributed by atoms with Gasteiger partial charge in [-0.3, -0.25) is 14.4 Å². The number of ketones is 1. The highest BCUT2D eigenvalue weighted by atomic mass is 16.5. The summed E-state index contributed by atoms with van der Waals surface area (Å²) in [4.78, 5) is 41.2. The Labute approximate surface area is 170 Å². The largest absolute Gasteiger partial charge is 0.374 e. The molecule has 0 unspecified atom stereocenters. The Kier molecular flexibility index (Phi) is 5.41. The summed E-state index contributed by atoms with van der Waals surface area (Å²) in [5.74, 6) is 0.131. The summed E-state index contributed by atoms with van der Waals surface area (Å²) in [6.07, 6.45) is 3.34. The van der Waals surface area contributed by atoms with E-state index in [0.717, 1.165) is 17.3 Å². The van der Waals surface area contributed by atoms with Crippen LogP contribution in [0, 0.1) is 0 Å². The second kappa shape index (κ2) is 7.99. The van der Waals surface area contributed by atoms with E-state index in [2.05, 4.69) is 0 Å². The van der Waals surface area contributed by atoms with Crippen molar-refractivity contribution in [2.45, 2.75) is 44.9 Å². The van der Waals surface area contributed by atoms with E-state index in [1.807, 2.05) is 35.8 Å². The second-order valence-electron chi connectivity index (χ2n) is 7.89. The highest BCUT2D eigenvalue weighted by molar-refractivity contribution is 6.08. The van der Waals surface area contributed by atoms with Gasteiger partial charge in [-0.1, -0.05) is 25.1 Å². The first-order valence-electron chi connectivity index (χ1n) is 10.3. The fourth-order valence-electron chi connectivity index (χ4n) is 4.36. The SMILES string of the molecule is CCCC(=O)c1cn(CC(=O)N2C[C@@H]3OCCC(=O)N(C)[C@H]3C2)c2ccccc12. The van der Waals surface area contributed by atoms with Gasteiger partial charge >= 0.3 is 0 Å². The molecule has 0 radical (unpaired) electrons. The zero-order chi connectivity index (χ0) is 20.5. The fraction of sp³-hybridized carbons (Fsp3) is 0.500. The molecule has 154 valence electrons. The summed E-state index contributed by atoms with van der Waals surface area (Å²) < 4.78 is 7.69. The Bertz CT molecular complexity index is 951. The van der Waals surface area contributed by atoms with Gasteiger partial charge in [0.15, 0.2) is 5.78 Å². The van der Waals surface area contributed by atoms with Crippen LogP contribution in [0.3, 0.4) is 0 Å². The van der Waals surface area contributed by atoms with E-state index in [1.54, 1.807) is 23.0 Å². The molecule has 2 aliphatic heterocycles. The maximum atomic E-state index is 13.0. The summed E-state index contributed by atoms with van der Waals surface area (Å²) in [5, 5.41) is 0.888. The van der Waals surface area contributed by atoms with Gasteiger partial charge in [-0.15, -0.1) is 0 Å². The molecule has 0 saturated carbocycles. The Morgan fingerprint density at radius 2 is 2.00 bits per heavy atom. The van der Waals surface area contributed by atoms with Crippen LogP contribution in [0.15, 0.2) is 30.5 Å². The Balaban J connectivity index is 1.54. The van der Waals surface area contributed by atoms with E-state index < -0.39 is 0 Å².